The smallest absolute Gasteiger partial charge is 0.408 e. The Kier molecular flexibility index (Phi) is 4.82. The minimum Gasteiger partial charge on any atom is -0.465 e. The second-order valence-corrected chi connectivity index (χ2v) is 6.84. The predicted octanol–water partition coefficient (Wildman–Crippen LogP) is 3.18. The quantitative estimate of drug-likeness (QED) is 0.877. The molecule has 0 radical (unpaired) electrons. The lowest BCUT2D eigenvalue weighted by Gasteiger charge is -2.42. The number of carboxylic acid groups (broad SMARTS) is 1. The van der Waals surface area contributed by atoms with Crippen LogP contribution in [0.15, 0.2) is 30.3 Å². The number of ether oxygens (including phenoxy) is 1. The standard InChI is InChI=1S/C17H24N2O4/c1-16(2,3)23-14(20)18-17(13-7-5-4-6-8-13)9-11-19(12-10-17)15(21)22/h4-8H,9-12H2,1-3H3,(H,18,20)(H,21,22). The van der Waals surface area contributed by atoms with E-state index in [0.29, 0.717) is 25.9 Å². The second-order valence-electron chi connectivity index (χ2n) is 6.84. The first kappa shape index (κ1) is 17.1. The van der Waals surface area contributed by atoms with Crippen molar-refractivity contribution in [2.45, 2.75) is 44.8 Å². The maximum absolute atomic E-state index is 12.3. The van der Waals surface area contributed by atoms with Gasteiger partial charge < -0.3 is 20.1 Å². The number of benzene rings is 1. The largest absolute Gasteiger partial charge is 0.465 e. The summed E-state index contributed by atoms with van der Waals surface area (Å²) in [5, 5.41) is 12.1. The van der Waals surface area contributed by atoms with E-state index >= 15 is 0 Å². The third-order valence-electron chi connectivity index (χ3n) is 3.95. The predicted molar refractivity (Wildman–Crippen MR) is 86.3 cm³/mol. The summed E-state index contributed by atoms with van der Waals surface area (Å²) >= 11 is 0. The lowest BCUT2D eigenvalue weighted by atomic mass is 9.81. The number of likely N-dealkylation sites (tertiary alicyclic amines) is 1. The molecular formula is C17H24N2O4. The van der Waals surface area contributed by atoms with Gasteiger partial charge in [-0.25, -0.2) is 9.59 Å². The van der Waals surface area contributed by atoms with Crippen LogP contribution in [0.1, 0.15) is 39.2 Å². The minimum atomic E-state index is -0.927. The van der Waals surface area contributed by atoms with Crippen LogP contribution in [0.4, 0.5) is 9.59 Å². The van der Waals surface area contributed by atoms with E-state index < -0.39 is 23.3 Å². The summed E-state index contributed by atoms with van der Waals surface area (Å²) in [6.07, 6.45) is -0.375. The van der Waals surface area contributed by atoms with Crippen LogP contribution in [0.2, 0.25) is 0 Å². The third kappa shape index (κ3) is 4.37. The molecule has 1 aliphatic rings. The maximum atomic E-state index is 12.3. The van der Waals surface area contributed by atoms with E-state index in [9.17, 15) is 9.59 Å². The molecule has 0 saturated carbocycles. The highest BCUT2D eigenvalue weighted by molar-refractivity contribution is 5.70. The number of hydrogen-bond donors (Lipinski definition) is 2. The number of carbonyl (C=O) groups excluding carboxylic acids is 1. The van der Waals surface area contributed by atoms with Crippen molar-refractivity contribution in [2.75, 3.05) is 13.1 Å². The summed E-state index contributed by atoms with van der Waals surface area (Å²) in [5.41, 5.74) is -0.213. The molecule has 126 valence electrons. The summed E-state index contributed by atoms with van der Waals surface area (Å²) in [6.45, 7) is 6.19. The Morgan fingerprint density at radius 1 is 1.17 bits per heavy atom. The van der Waals surface area contributed by atoms with Gasteiger partial charge in [-0.15, -0.1) is 0 Å². The molecule has 2 rings (SSSR count). The van der Waals surface area contributed by atoms with Gasteiger partial charge in [-0.3, -0.25) is 0 Å². The van der Waals surface area contributed by atoms with E-state index in [-0.39, 0.29) is 0 Å². The number of amides is 2. The number of nitrogens with one attached hydrogen (secondary N) is 1. The van der Waals surface area contributed by atoms with Crippen LogP contribution in [-0.2, 0) is 10.3 Å². The zero-order valence-corrected chi connectivity index (χ0v) is 13.8. The van der Waals surface area contributed by atoms with E-state index in [0.717, 1.165) is 5.56 Å². The molecule has 1 heterocycles. The molecule has 1 aromatic carbocycles. The molecule has 6 nitrogen and oxygen atoms in total. The van der Waals surface area contributed by atoms with Crippen LogP contribution in [0, 0.1) is 0 Å². The number of carbonyl (C=O) groups is 2. The number of hydrogen-bond acceptors (Lipinski definition) is 3. The Labute approximate surface area is 136 Å². The molecule has 0 aliphatic carbocycles. The fourth-order valence-electron chi connectivity index (χ4n) is 2.82. The monoisotopic (exact) mass is 320 g/mol. The van der Waals surface area contributed by atoms with Crippen LogP contribution >= 0.6 is 0 Å². The Morgan fingerprint density at radius 2 is 1.74 bits per heavy atom. The van der Waals surface area contributed by atoms with Crippen LogP contribution in [-0.4, -0.2) is 40.9 Å². The topological polar surface area (TPSA) is 78.9 Å². The molecule has 1 aliphatic heterocycles. The van der Waals surface area contributed by atoms with Gasteiger partial charge in [0.2, 0.25) is 0 Å². The van der Waals surface area contributed by atoms with Crippen molar-refractivity contribution >= 4 is 12.2 Å². The molecule has 6 heteroatoms. The maximum Gasteiger partial charge on any atom is 0.408 e. The van der Waals surface area contributed by atoms with Crippen LogP contribution in [0.3, 0.4) is 0 Å². The molecular weight excluding hydrogens is 296 g/mol. The lowest BCUT2D eigenvalue weighted by molar-refractivity contribution is 0.0384. The zero-order valence-electron chi connectivity index (χ0n) is 13.8. The van der Waals surface area contributed by atoms with Crippen molar-refractivity contribution in [1.82, 2.24) is 10.2 Å². The normalized spacial score (nSPS) is 17.4. The SMILES string of the molecule is CC(C)(C)OC(=O)NC1(c2ccccc2)CCN(C(=O)O)CC1. The Hall–Kier alpha value is -2.24. The van der Waals surface area contributed by atoms with Gasteiger partial charge in [-0.05, 0) is 39.2 Å². The Balaban J connectivity index is 2.20. The lowest BCUT2D eigenvalue weighted by Crippen LogP contribution is -2.54. The van der Waals surface area contributed by atoms with Crippen molar-refractivity contribution in [3.05, 3.63) is 35.9 Å². The zero-order chi connectivity index (χ0) is 17.1. The van der Waals surface area contributed by atoms with E-state index in [1.165, 1.54) is 4.90 Å². The molecule has 0 spiro atoms. The van der Waals surface area contributed by atoms with Crippen LogP contribution in [0.5, 0.6) is 0 Å². The van der Waals surface area contributed by atoms with Gasteiger partial charge in [0.25, 0.3) is 0 Å². The van der Waals surface area contributed by atoms with Crippen molar-refractivity contribution in [1.29, 1.82) is 0 Å². The molecule has 2 N–H and O–H groups in total. The molecule has 0 bridgehead atoms. The summed E-state index contributed by atoms with van der Waals surface area (Å²) in [7, 11) is 0. The van der Waals surface area contributed by atoms with Gasteiger partial charge >= 0.3 is 12.2 Å². The van der Waals surface area contributed by atoms with Crippen molar-refractivity contribution in [3.63, 3.8) is 0 Å². The van der Waals surface area contributed by atoms with E-state index in [4.69, 9.17) is 9.84 Å². The average Bonchev–Trinajstić information content (AvgIpc) is 2.46. The van der Waals surface area contributed by atoms with Gasteiger partial charge in [0.05, 0.1) is 5.54 Å². The molecule has 2 amide bonds. The third-order valence-corrected chi connectivity index (χ3v) is 3.95. The molecule has 0 aromatic heterocycles. The van der Waals surface area contributed by atoms with Crippen LogP contribution < -0.4 is 5.32 Å². The molecule has 1 aromatic rings. The average molecular weight is 320 g/mol. The first-order chi connectivity index (χ1) is 10.7. The minimum absolute atomic E-state index is 0.375. The molecule has 23 heavy (non-hydrogen) atoms. The summed E-state index contributed by atoms with van der Waals surface area (Å²) in [4.78, 5) is 24.8. The highest BCUT2D eigenvalue weighted by atomic mass is 16.6. The fraction of sp³-hybridized carbons (Fsp3) is 0.529. The number of piperidine rings is 1. The number of nitrogens with zero attached hydrogens (tertiary/aromatic N) is 1. The van der Waals surface area contributed by atoms with Crippen molar-refractivity contribution in [3.8, 4) is 0 Å². The molecule has 1 saturated heterocycles. The Bertz CT molecular complexity index is 558. The molecule has 0 unspecified atom stereocenters. The Morgan fingerprint density at radius 3 is 2.22 bits per heavy atom. The van der Waals surface area contributed by atoms with E-state index in [1.807, 2.05) is 51.1 Å². The molecule has 0 atom stereocenters. The highest BCUT2D eigenvalue weighted by Gasteiger charge is 2.39. The van der Waals surface area contributed by atoms with Crippen molar-refractivity contribution in [2.24, 2.45) is 0 Å². The van der Waals surface area contributed by atoms with Gasteiger partial charge in [0.15, 0.2) is 0 Å². The summed E-state index contributed by atoms with van der Waals surface area (Å²) in [6, 6.07) is 9.65. The first-order valence-corrected chi connectivity index (χ1v) is 7.76. The van der Waals surface area contributed by atoms with Crippen LogP contribution in [0.25, 0.3) is 0 Å². The molecule has 1 fully saturated rings. The first-order valence-electron chi connectivity index (χ1n) is 7.76. The highest BCUT2D eigenvalue weighted by Crippen LogP contribution is 2.33. The van der Waals surface area contributed by atoms with Gasteiger partial charge in [0, 0.05) is 13.1 Å². The number of rotatable bonds is 2. The van der Waals surface area contributed by atoms with E-state index in [1.54, 1.807) is 0 Å². The van der Waals surface area contributed by atoms with Crippen molar-refractivity contribution < 1.29 is 19.4 Å². The van der Waals surface area contributed by atoms with Gasteiger partial charge in [-0.2, -0.15) is 0 Å². The summed E-state index contributed by atoms with van der Waals surface area (Å²) < 4.78 is 5.38. The fourth-order valence-corrected chi connectivity index (χ4v) is 2.82. The second kappa shape index (κ2) is 6.48. The van der Waals surface area contributed by atoms with E-state index in [2.05, 4.69) is 5.32 Å². The summed E-state index contributed by atoms with van der Waals surface area (Å²) in [5.74, 6) is 0. The van der Waals surface area contributed by atoms with Gasteiger partial charge in [0.1, 0.15) is 5.60 Å². The number of alkyl carbamates (subject to hydrolysis) is 1. The van der Waals surface area contributed by atoms with Gasteiger partial charge in [-0.1, -0.05) is 30.3 Å².